The fourth-order valence-electron chi connectivity index (χ4n) is 1.53. The van der Waals surface area contributed by atoms with Gasteiger partial charge in [-0.2, -0.15) is 0 Å². The van der Waals surface area contributed by atoms with Gasteiger partial charge in [-0.25, -0.2) is 0 Å². The molecule has 1 aliphatic heterocycles. The maximum absolute atomic E-state index is 11.8. The van der Waals surface area contributed by atoms with Crippen LogP contribution in [0.2, 0.25) is 0 Å². The Hall–Kier alpha value is -0.905. The molecule has 108 valence electrons. The predicted molar refractivity (Wildman–Crippen MR) is 83.6 cm³/mol. The molecule has 0 aliphatic carbocycles. The SMILES string of the molecule is CC.CC.[B]N1C(=O)C(CC(C)C)C(=O)N(C)C1=S. The third kappa shape index (κ3) is 5.31. The molecule has 1 fully saturated rings. The van der Waals surface area contributed by atoms with Crippen molar-refractivity contribution in [3.8, 4) is 0 Å². The van der Waals surface area contributed by atoms with Crippen LogP contribution in [-0.2, 0) is 9.59 Å². The van der Waals surface area contributed by atoms with Crippen molar-refractivity contribution in [2.24, 2.45) is 11.8 Å². The van der Waals surface area contributed by atoms with E-state index in [9.17, 15) is 9.59 Å². The van der Waals surface area contributed by atoms with E-state index in [2.05, 4.69) is 0 Å². The zero-order valence-corrected chi connectivity index (χ0v) is 13.9. The van der Waals surface area contributed by atoms with Gasteiger partial charge in [-0.1, -0.05) is 41.5 Å². The van der Waals surface area contributed by atoms with Crippen molar-refractivity contribution in [2.45, 2.75) is 48.0 Å². The molecule has 1 aliphatic rings. The fraction of sp³-hybridized carbons (Fsp3) is 0.769. The smallest absolute Gasteiger partial charge is 0.241 e. The van der Waals surface area contributed by atoms with Gasteiger partial charge in [0, 0.05) is 7.05 Å². The van der Waals surface area contributed by atoms with E-state index in [-0.39, 0.29) is 16.9 Å². The normalized spacial score (nSPS) is 18.7. The van der Waals surface area contributed by atoms with Gasteiger partial charge < -0.3 is 4.81 Å². The molecular formula is C13H25BN2O2S. The molecule has 0 bridgehead atoms. The van der Waals surface area contributed by atoms with Crippen LogP contribution < -0.4 is 0 Å². The highest BCUT2D eigenvalue weighted by atomic mass is 32.1. The van der Waals surface area contributed by atoms with Crippen molar-refractivity contribution >= 4 is 37.1 Å². The molecule has 19 heavy (non-hydrogen) atoms. The molecule has 1 unspecified atom stereocenters. The quantitative estimate of drug-likeness (QED) is 0.444. The molecule has 2 amide bonds. The lowest BCUT2D eigenvalue weighted by Gasteiger charge is -2.36. The number of amides is 2. The summed E-state index contributed by atoms with van der Waals surface area (Å²) < 4.78 is 0. The summed E-state index contributed by atoms with van der Waals surface area (Å²) in [6.07, 6.45) is 0.498. The van der Waals surface area contributed by atoms with Crippen molar-refractivity contribution in [3.05, 3.63) is 0 Å². The van der Waals surface area contributed by atoms with Crippen LogP contribution in [0.3, 0.4) is 0 Å². The number of carbonyl (C=O) groups excluding carboxylic acids is 2. The lowest BCUT2D eigenvalue weighted by molar-refractivity contribution is -0.144. The molecule has 4 nitrogen and oxygen atoms in total. The minimum Gasteiger partial charge on any atom is -0.346 e. The van der Waals surface area contributed by atoms with E-state index >= 15 is 0 Å². The van der Waals surface area contributed by atoms with Crippen molar-refractivity contribution in [3.63, 3.8) is 0 Å². The fourth-order valence-corrected chi connectivity index (χ4v) is 1.71. The second-order valence-electron chi connectivity index (χ2n) is 4.07. The Kier molecular flexibility index (Phi) is 10.7. The minimum absolute atomic E-state index is 0.0602. The monoisotopic (exact) mass is 284 g/mol. The lowest BCUT2D eigenvalue weighted by Crippen LogP contribution is -2.57. The first-order chi connectivity index (χ1) is 8.86. The summed E-state index contributed by atoms with van der Waals surface area (Å²) in [5, 5.41) is 0.0602. The Balaban J connectivity index is 0. The van der Waals surface area contributed by atoms with Gasteiger partial charge in [0.05, 0.1) is 0 Å². The van der Waals surface area contributed by atoms with Crippen molar-refractivity contribution in [1.29, 1.82) is 0 Å². The van der Waals surface area contributed by atoms with Crippen LogP contribution in [0.1, 0.15) is 48.0 Å². The molecule has 1 atom stereocenters. The Bertz CT molecular complexity index is 298. The first-order valence-corrected chi connectivity index (χ1v) is 7.17. The standard InChI is InChI=1S/C9H13BN2O2S.2C2H6/c1-5(2)4-6-7(13)11(3)9(15)12(10)8(6)14;2*1-2/h5-6H,4H2,1-3H3;2*1-2H3. The van der Waals surface area contributed by atoms with E-state index in [0.717, 1.165) is 4.81 Å². The molecule has 2 radical (unpaired) electrons. The third-order valence-corrected chi connectivity index (χ3v) is 2.83. The average Bonchev–Trinajstić information content (AvgIpc) is 2.43. The summed E-state index contributed by atoms with van der Waals surface area (Å²) in [6, 6.07) is 0. The maximum atomic E-state index is 11.8. The van der Waals surface area contributed by atoms with E-state index in [0.29, 0.717) is 6.42 Å². The molecule has 0 aromatic rings. The van der Waals surface area contributed by atoms with Crippen molar-refractivity contribution in [1.82, 2.24) is 9.71 Å². The third-order valence-electron chi connectivity index (χ3n) is 2.36. The summed E-state index contributed by atoms with van der Waals surface area (Å²) in [5.41, 5.74) is 0. The predicted octanol–water partition coefficient (Wildman–Crippen LogP) is 2.37. The van der Waals surface area contributed by atoms with Gasteiger partial charge in [0.25, 0.3) is 0 Å². The molecule has 0 N–H and O–H groups in total. The Labute approximate surface area is 124 Å². The highest BCUT2D eigenvalue weighted by molar-refractivity contribution is 7.80. The number of carbonyl (C=O) groups is 2. The van der Waals surface area contributed by atoms with Gasteiger partial charge >= 0.3 is 0 Å². The Morgan fingerprint density at radius 1 is 1.16 bits per heavy atom. The number of nitrogens with zero attached hydrogens (tertiary/aromatic N) is 2. The Morgan fingerprint density at radius 3 is 1.95 bits per heavy atom. The van der Waals surface area contributed by atoms with Gasteiger partial charge in [0.1, 0.15) is 5.92 Å². The number of rotatable bonds is 2. The molecular weight excluding hydrogens is 259 g/mol. The molecule has 0 saturated carbocycles. The van der Waals surface area contributed by atoms with Crippen LogP contribution in [0.15, 0.2) is 0 Å². The van der Waals surface area contributed by atoms with Gasteiger partial charge in [-0.15, -0.1) is 0 Å². The highest BCUT2D eigenvalue weighted by Crippen LogP contribution is 2.21. The molecule has 1 heterocycles. The number of hydrogen-bond donors (Lipinski definition) is 0. The van der Waals surface area contributed by atoms with E-state index in [1.54, 1.807) is 0 Å². The lowest BCUT2D eigenvalue weighted by atomic mass is 9.92. The first-order valence-electron chi connectivity index (χ1n) is 6.76. The number of hydrogen-bond acceptors (Lipinski definition) is 3. The van der Waals surface area contributed by atoms with Gasteiger partial charge in [-0.3, -0.25) is 14.5 Å². The second kappa shape index (κ2) is 9.95. The summed E-state index contributed by atoms with van der Waals surface area (Å²) in [6.45, 7) is 11.9. The molecule has 1 rings (SSSR count). The van der Waals surface area contributed by atoms with Gasteiger partial charge in [0.15, 0.2) is 5.11 Å². The van der Waals surface area contributed by atoms with Crippen LogP contribution in [0.25, 0.3) is 0 Å². The summed E-state index contributed by atoms with van der Waals surface area (Å²) in [7, 11) is 7.02. The average molecular weight is 284 g/mol. The largest absolute Gasteiger partial charge is 0.346 e. The second-order valence-corrected chi connectivity index (χ2v) is 4.44. The molecule has 6 heteroatoms. The van der Waals surface area contributed by atoms with E-state index in [1.807, 2.05) is 41.5 Å². The molecule has 1 saturated heterocycles. The summed E-state index contributed by atoms with van der Waals surface area (Å²) >= 11 is 4.86. The van der Waals surface area contributed by atoms with Crippen molar-refractivity contribution < 1.29 is 9.59 Å². The molecule has 0 aromatic carbocycles. The van der Waals surface area contributed by atoms with Crippen LogP contribution >= 0.6 is 12.2 Å². The van der Waals surface area contributed by atoms with Crippen molar-refractivity contribution in [2.75, 3.05) is 7.05 Å². The van der Waals surface area contributed by atoms with Crippen LogP contribution in [0.5, 0.6) is 0 Å². The summed E-state index contributed by atoms with van der Waals surface area (Å²) in [5.74, 6) is -1.10. The van der Waals surface area contributed by atoms with E-state index in [4.69, 9.17) is 20.2 Å². The van der Waals surface area contributed by atoms with E-state index < -0.39 is 11.8 Å². The van der Waals surface area contributed by atoms with Crippen LogP contribution in [-0.4, -0.2) is 41.7 Å². The summed E-state index contributed by atoms with van der Waals surface area (Å²) in [4.78, 5) is 25.6. The Morgan fingerprint density at radius 2 is 1.58 bits per heavy atom. The first kappa shape index (κ1) is 20.4. The topological polar surface area (TPSA) is 40.6 Å². The zero-order valence-electron chi connectivity index (χ0n) is 13.1. The highest BCUT2D eigenvalue weighted by Gasteiger charge is 2.39. The molecule has 0 aromatic heterocycles. The number of thiocarbonyl (C=S) groups is 1. The zero-order chi connectivity index (χ0) is 15.7. The molecule has 0 spiro atoms. The van der Waals surface area contributed by atoms with E-state index in [1.165, 1.54) is 11.9 Å². The van der Waals surface area contributed by atoms with Gasteiger partial charge in [-0.05, 0) is 24.6 Å². The van der Waals surface area contributed by atoms with Gasteiger partial charge in [0.2, 0.25) is 19.8 Å². The maximum Gasteiger partial charge on any atom is 0.241 e. The van der Waals surface area contributed by atoms with Crippen LogP contribution in [0.4, 0.5) is 0 Å². The van der Waals surface area contributed by atoms with Crippen LogP contribution in [0, 0.1) is 11.8 Å². The minimum atomic E-state index is -0.688.